The summed E-state index contributed by atoms with van der Waals surface area (Å²) >= 11 is 0.847. The Morgan fingerprint density at radius 2 is 0.957 bits per heavy atom. The molecular weight excluding hydrogens is 414 g/mol. The van der Waals surface area contributed by atoms with Crippen molar-refractivity contribution in [3.63, 3.8) is 0 Å². The van der Waals surface area contributed by atoms with Crippen molar-refractivity contribution in [3.8, 4) is 0 Å². The minimum atomic E-state index is -0.653. The first-order chi connectivity index (χ1) is 10.8. The van der Waals surface area contributed by atoms with Gasteiger partial charge in [-0.15, -0.1) is 0 Å². The van der Waals surface area contributed by atoms with Gasteiger partial charge in [0.1, 0.15) is 0 Å². The van der Waals surface area contributed by atoms with Gasteiger partial charge in [-0.1, -0.05) is 96.8 Å². The smallest absolute Gasteiger partial charge is 0 e. The molecule has 5 heteroatoms. The van der Waals surface area contributed by atoms with Crippen LogP contribution in [0.3, 0.4) is 0 Å². The molecular formula is C18H36ClO2Zn2. The Bertz CT molecular complexity index is 217. The average molecular weight is 451 g/mol. The van der Waals surface area contributed by atoms with E-state index in [-0.39, 0.29) is 19.5 Å². The van der Waals surface area contributed by atoms with Gasteiger partial charge in [0.15, 0.2) is 0 Å². The molecule has 0 heterocycles. The van der Waals surface area contributed by atoms with E-state index in [1.54, 1.807) is 0 Å². The molecule has 0 rings (SSSR count). The Morgan fingerprint density at radius 1 is 0.696 bits per heavy atom. The number of halogens is 1. The maximum atomic E-state index is 10.3. The number of aliphatic carboxylic acids is 1. The van der Waals surface area contributed by atoms with Gasteiger partial charge in [0.25, 0.3) is 0 Å². The van der Waals surface area contributed by atoms with Gasteiger partial charge in [0.2, 0.25) is 0 Å². The van der Waals surface area contributed by atoms with Crippen LogP contribution in [0.25, 0.3) is 0 Å². The Hall–Kier alpha value is 1.01. The van der Waals surface area contributed by atoms with E-state index in [9.17, 15) is 4.79 Å². The van der Waals surface area contributed by atoms with Crippen molar-refractivity contribution in [2.24, 2.45) is 0 Å². The summed E-state index contributed by atoms with van der Waals surface area (Å²) in [6.45, 7) is 2.27. The minimum absolute atomic E-state index is 0. The minimum Gasteiger partial charge on any atom is 0 e. The second-order valence-electron chi connectivity index (χ2n) is 6.09. The third kappa shape index (κ3) is 31.3. The second kappa shape index (κ2) is 27.8. The van der Waals surface area contributed by atoms with Crippen LogP contribution in [0.5, 0.6) is 0 Å². The van der Waals surface area contributed by atoms with Gasteiger partial charge < -0.3 is 5.11 Å². The topological polar surface area (TPSA) is 37.3 Å². The van der Waals surface area contributed by atoms with E-state index >= 15 is 0 Å². The molecule has 0 spiro atoms. The largest absolute Gasteiger partial charge is 0 e. The molecule has 0 aromatic heterocycles. The van der Waals surface area contributed by atoms with Crippen LogP contribution in [0.1, 0.15) is 110 Å². The van der Waals surface area contributed by atoms with Gasteiger partial charge in [-0.3, -0.25) is 4.79 Å². The molecule has 0 aromatic carbocycles. The number of hydrogen-bond donors (Lipinski definition) is 1. The molecule has 0 unspecified atom stereocenters. The summed E-state index contributed by atoms with van der Waals surface area (Å²) < 4.78 is 0. The normalized spacial score (nSPS) is 9.74. The second-order valence-corrected chi connectivity index (χ2v) is 6.09. The van der Waals surface area contributed by atoms with E-state index in [2.05, 4.69) is 6.92 Å². The van der Waals surface area contributed by atoms with E-state index in [0.717, 1.165) is 30.2 Å². The van der Waals surface area contributed by atoms with Crippen LogP contribution >= 0.6 is 9.69 Å². The SMILES string of the molecule is CCCCCCCCCCCCCCCCCC(=O)O.[Cl][Zn].[Zn]. The van der Waals surface area contributed by atoms with Crippen LogP contribution in [0.2, 0.25) is 0 Å². The summed E-state index contributed by atoms with van der Waals surface area (Å²) in [4.78, 5) is 10.3. The molecule has 0 atom stereocenters. The predicted octanol–water partition coefficient (Wildman–Crippen LogP) is 7.02. The third-order valence-corrected chi connectivity index (χ3v) is 3.99. The van der Waals surface area contributed by atoms with E-state index in [1.807, 2.05) is 0 Å². The zero-order valence-electron chi connectivity index (χ0n) is 15.5. The monoisotopic (exact) mass is 447 g/mol. The van der Waals surface area contributed by atoms with Crippen LogP contribution in [-0.4, -0.2) is 11.1 Å². The zero-order valence-corrected chi connectivity index (χ0v) is 22.2. The summed E-state index contributed by atoms with van der Waals surface area (Å²) in [6, 6.07) is 0. The molecule has 0 aliphatic heterocycles. The summed E-state index contributed by atoms with van der Waals surface area (Å²) in [5.41, 5.74) is 0. The van der Waals surface area contributed by atoms with E-state index < -0.39 is 5.97 Å². The molecule has 2 nitrogen and oxygen atoms in total. The number of rotatable bonds is 16. The third-order valence-electron chi connectivity index (χ3n) is 3.99. The van der Waals surface area contributed by atoms with Crippen molar-refractivity contribution >= 4 is 15.7 Å². The molecule has 0 bridgehead atoms. The van der Waals surface area contributed by atoms with E-state index in [1.165, 1.54) is 83.5 Å². The quantitative estimate of drug-likeness (QED) is 0.203. The average Bonchev–Trinajstić information content (AvgIpc) is 2.53. The van der Waals surface area contributed by atoms with Crippen LogP contribution in [0, 0.1) is 0 Å². The molecule has 0 aromatic rings. The number of carbonyl (C=O) groups is 1. The Kier molecular flexibility index (Phi) is 34.9. The van der Waals surface area contributed by atoms with Crippen LogP contribution in [0.15, 0.2) is 0 Å². The Morgan fingerprint density at radius 3 is 1.22 bits per heavy atom. The first-order valence-electron chi connectivity index (χ1n) is 9.26. The Balaban J connectivity index is -0.00000128. The summed E-state index contributed by atoms with van der Waals surface area (Å²) in [5, 5.41) is 8.52. The molecule has 0 radical (unpaired) electrons. The molecule has 0 fully saturated rings. The first kappa shape index (κ1) is 28.8. The maximum Gasteiger partial charge on any atom is 0 e. The molecule has 23 heavy (non-hydrogen) atoms. The van der Waals surface area contributed by atoms with Crippen LogP contribution in [-0.2, 0) is 41.6 Å². The molecule has 1 N–H and O–H groups in total. The van der Waals surface area contributed by atoms with Gasteiger partial charge in [0.05, 0.1) is 0 Å². The zero-order chi connectivity index (χ0) is 16.9. The molecule has 0 saturated carbocycles. The number of carboxylic acid groups (broad SMARTS) is 1. The van der Waals surface area contributed by atoms with Crippen LogP contribution < -0.4 is 0 Å². The van der Waals surface area contributed by atoms with Gasteiger partial charge in [-0.05, 0) is 6.42 Å². The summed E-state index contributed by atoms with van der Waals surface area (Å²) in [5.74, 6) is -0.653. The number of carboxylic acids is 1. The van der Waals surface area contributed by atoms with Crippen molar-refractivity contribution in [2.45, 2.75) is 110 Å². The van der Waals surface area contributed by atoms with E-state index in [0.29, 0.717) is 6.42 Å². The first-order valence-corrected chi connectivity index (χ1v) is 13.2. The van der Waals surface area contributed by atoms with E-state index in [4.69, 9.17) is 14.8 Å². The standard InChI is InChI=1S/C18H36O2.ClH.2Zn/c1-2-3-4-5-6-7-8-9-10-11-12-13-14-15-16-17-18(19)20;;;/h2-17H2,1H3,(H,19,20);1H;;/q;;;+1/p-1. The van der Waals surface area contributed by atoms with Crippen molar-refractivity contribution in [2.75, 3.05) is 0 Å². The van der Waals surface area contributed by atoms with Crippen molar-refractivity contribution in [3.05, 3.63) is 0 Å². The molecule has 0 aliphatic carbocycles. The fraction of sp³-hybridized carbons (Fsp3) is 0.944. The maximum absolute atomic E-state index is 10.3. The molecule has 0 saturated heterocycles. The fourth-order valence-corrected chi connectivity index (χ4v) is 2.65. The van der Waals surface area contributed by atoms with Crippen molar-refractivity contribution < 1.29 is 46.7 Å². The number of hydrogen-bond acceptors (Lipinski definition) is 1. The fourth-order valence-electron chi connectivity index (χ4n) is 2.65. The van der Waals surface area contributed by atoms with Gasteiger partial charge in [-0.25, -0.2) is 0 Å². The molecule has 0 aliphatic rings. The summed E-state index contributed by atoms with van der Waals surface area (Å²) in [6.07, 6.45) is 20.2. The number of unbranched alkanes of at least 4 members (excludes halogenated alkanes) is 14. The van der Waals surface area contributed by atoms with Gasteiger partial charge >= 0.3 is 33.0 Å². The van der Waals surface area contributed by atoms with Crippen molar-refractivity contribution in [1.29, 1.82) is 0 Å². The summed E-state index contributed by atoms with van der Waals surface area (Å²) in [7, 11) is 4.76. The predicted molar refractivity (Wildman–Crippen MR) is 93.0 cm³/mol. The Labute approximate surface area is 171 Å². The van der Waals surface area contributed by atoms with Crippen LogP contribution in [0.4, 0.5) is 0 Å². The van der Waals surface area contributed by atoms with Crippen molar-refractivity contribution in [1.82, 2.24) is 0 Å². The van der Waals surface area contributed by atoms with Gasteiger partial charge in [-0.2, -0.15) is 0 Å². The molecule has 131 valence electrons. The van der Waals surface area contributed by atoms with Gasteiger partial charge in [0, 0.05) is 25.9 Å². The molecule has 0 amide bonds.